The van der Waals surface area contributed by atoms with Crippen molar-refractivity contribution in [2.24, 2.45) is 30.0 Å². The standard InChI is InChI=1S/C41H26F8N8.C40H26F8N8/c1-10-11(2)27(43)19-18(26(10)42)34-50-35(19)53-39-24-25(33(49)17(8)16(7)32(24)48)41-55-37-21-20(28(44)12(3)13(4)29(21)45)36(51-37)54-40-23-22(30(46)14(5)15(6)31(23)47)38(52-34)56(40)9-57(39)41;1-9-10(2)26(42)18-17(25(9)41)33-49-34(18)54-36-21-22(30(46)14(6)13(5)29(21)45)38(51-36)56-40-24-23(31(47)15(7)16(8)32(24)48)39(52-40)55-37-20-19(35(50-37)53-33)27(43)11(3)12(4)28(20)44/h9H2,1-8H3;1-8H3,(H2,49,50,51,52,53,54,55,56). The third-order valence-electron chi connectivity index (χ3n) is 23.3. The van der Waals surface area contributed by atoms with E-state index in [1.807, 2.05) is 0 Å². The van der Waals surface area contributed by atoms with Crippen LogP contribution in [0, 0.1) is 204 Å². The number of nitrogens with one attached hydrogen (secondary N) is 2. The molecular formula is C81H52F16N16. The number of aliphatic imine (C=N–C) groups is 4. The molecule has 0 spiro atoms. The normalized spacial score (nSPS) is 13.6. The Morgan fingerprint density at radius 1 is 0.204 bits per heavy atom. The molecule has 6 aliphatic rings. The molecular weight excluding hydrogens is 1500 g/mol. The molecule has 5 aromatic heterocycles. The van der Waals surface area contributed by atoms with E-state index in [4.69, 9.17) is 0 Å². The Kier molecular flexibility index (Phi) is 15.2. The summed E-state index contributed by atoms with van der Waals surface area (Å²) in [6.07, 6.45) is 0. The molecule has 32 heteroatoms. The Hall–Kier alpha value is -12.6. The molecule has 0 amide bonds. The number of aromatic nitrogens is 10. The molecule has 2 N–H and O–H groups in total. The molecule has 0 saturated heterocycles. The molecule has 0 saturated carbocycles. The summed E-state index contributed by atoms with van der Waals surface area (Å²) in [4.78, 5) is 58.9. The van der Waals surface area contributed by atoms with E-state index in [1.165, 1.54) is 111 Å². The molecule has 0 aliphatic carbocycles. The van der Waals surface area contributed by atoms with Crippen LogP contribution in [0.2, 0.25) is 0 Å². The summed E-state index contributed by atoms with van der Waals surface area (Å²) in [6, 6.07) is 0. The highest BCUT2D eigenvalue weighted by atomic mass is 19.2. The van der Waals surface area contributed by atoms with Gasteiger partial charge in [-0.3, -0.25) is 9.13 Å². The largest absolute Gasteiger partial charge is 0.324 e. The first-order valence-corrected chi connectivity index (χ1v) is 34.9. The van der Waals surface area contributed by atoms with E-state index in [-0.39, 0.29) is 89.0 Å². The van der Waals surface area contributed by atoms with Crippen LogP contribution in [0.4, 0.5) is 81.9 Å². The maximum Gasteiger partial charge on any atom is 0.167 e. The van der Waals surface area contributed by atoms with Crippen molar-refractivity contribution >= 4 is 101 Å². The molecule has 8 aromatic carbocycles. The van der Waals surface area contributed by atoms with E-state index >= 15 is 70.2 Å². The lowest BCUT2D eigenvalue weighted by Crippen LogP contribution is -2.32. The van der Waals surface area contributed by atoms with Gasteiger partial charge in [-0.25, -0.2) is 130 Å². The number of H-pyrrole nitrogens is 2. The molecule has 0 atom stereocenters. The minimum absolute atomic E-state index is 0.0885. The van der Waals surface area contributed by atoms with E-state index in [9.17, 15) is 0 Å². The summed E-state index contributed by atoms with van der Waals surface area (Å²) in [5, 5.41) is -3.72. The molecule has 11 heterocycles. The second-order valence-corrected chi connectivity index (χ2v) is 28.9. The third kappa shape index (κ3) is 9.23. The lowest BCUT2D eigenvalue weighted by molar-refractivity contribution is 0.578. The van der Waals surface area contributed by atoms with E-state index in [0.717, 1.165) is 9.13 Å². The number of hydrogen-bond donors (Lipinski definition) is 2. The van der Waals surface area contributed by atoms with Crippen LogP contribution in [0.1, 0.15) is 111 Å². The van der Waals surface area contributed by atoms with Gasteiger partial charge in [-0.1, -0.05) is 0 Å². The number of amidine groups is 4. The van der Waals surface area contributed by atoms with Crippen LogP contribution in [0.5, 0.6) is 0 Å². The minimum atomic E-state index is -0.958. The van der Waals surface area contributed by atoms with Gasteiger partial charge in [0.2, 0.25) is 0 Å². The van der Waals surface area contributed by atoms with E-state index in [0.29, 0.717) is 0 Å². The Morgan fingerprint density at radius 2 is 0.398 bits per heavy atom. The number of halogens is 16. The van der Waals surface area contributed by atoms with Gasteiger partial charge >= 0.3 is 0 Å². The molecule has 568 valence electrons. The second kappa shape index (κ2) is 23.9. The zero-order valence-electron chi connectivity index (χ0n) is 62.0. The number of rotatable bonds is 0. The first kappa shape index (κ1) is 71.9. The van der Waals surface area contributed by atoms with Crippen molar-refractivity contribution in [3.8, 4) is 45.6 Å². The molecule has 16 nitrogen and oxygen atoms in total. The maximum absolute atomic E-state index is 16.8. The molecule has 13 aromatic rings. The lowest BCUT2D eigenvalue weighted by atomic mass is 9.98. The van der Waals surface area contributed by atoms with Gasteiger partial charge in [-0.15, -0.1) is 0 Å². The number of hydrogen-bond acceptors (Lipinski definition) is 12. The van der Waals surface area contributed by atoms with Crippen LogP contribution in [-0.2, 0) is 6.67 Å². The van der Waals surface area contributed by atoms with Gasteiger partial charge in [0, 0.05) is 0 Å². The fraction of sp³-hybridized carbons (Fsp3) is 0.210. The molecule has 19 rings (SSSR count). The van der Waals surface area contributed by atoms with Gasteiger partial charge in [0.05, 0.1) is 87.6 Å². The fourth-order valence-corrected chi connectivity index (χ4v) is 15.5. The van der Waals surface area contributed by atoms with Gasteiger partial charge < -0.3 is 9.97 Å². The van der Waals surface area contributed by atoms with Crippen LogP contribution in [0.15, 0.2) is 30.0 Å². The van der Waals surface area contributed by atoms with Crippen LogP contribution in [0.25, 0.3) is 111 Å². The van der Waals surface area contributed by atoms with Crippen molar-refractivity contribution < 1.29 is 70.2 Å². The summed E-state index contributed by atoms with van der Waals surface area (Å²) < 4.78 is 265. The van der Waals surface area contributed by atoms with Crippen molar-refractivity contribution in [2.45, 2.75) is 117 Å². The summed E-state index contributed by atoms with van der Waals surface area (Å²) in [7, 11) is 0. The topological polar surface area (TPSA) is 193 Å². The van der Waals surface area contributed by atoms with Crippen LogP contribution < -0.4 is 11.0 Å². The predicted molar refractivity (Wildman–Crippen MR) is 391 cm³/mol. The van der Waals surface area contributed by atoms with E-state index in [1.54, 1.807) is 0 Å². The fourth-order valence-electron chi connectivity index (χ4n) is 15.5. The molecule has 0 unspecified atom stereocenters. The van der Waals surface area contributed by atoms with Crippen LogP contribution in [0.3, 0.4) is 0 Å². The first-order valence-electron chi connectivity index (χ1n) is 34.9. The van der Waals surface area contributed by atoms with Crippen molar-refractivity contribution in [1.29, 1.82) is 0 Å². The minimum Gasteiger partial charge on any atom is -0.324 e. The monoisotopic (exact) mass is 1550 g/mol. The lowest BCUT2D eigenvalue weighted by Gasteiger charge is -2.13. The molecule has 0 fully saturated rings. The zero-order valence-corrected chi connectivity index (χ0v) is 62.0. The van der Waals surface area contributed by atoms with Gasteiger partial charge in [0.25, 0.3) is 0 Å². The van der Waals surface area contributed by atoms with Crippen LogP contribution in [-0.4, -0.2) is 72.3 Å². The average Bonchev–Trinajstić information content (AvgIpc) is 1.54. The highest BCUT2D eigenvalue weighted by Gasteiger charge is 2.41. The summed E-state index contributed by atoms with van der Waals surface area (Å²) >= 11 is 0. The zero-order chi connectivity index (χ0) is 80.7. The van der Waals surface area contributed by atoms with Crippen molar-refractivity contribution in [1.82, 2.24) is 49.0 Å². The maximum atomic E-state index is 16.8. The quantitative estimate of drug-likeness (QED) is 0.142. The van der Waals surface area contributed by atoms with E-state index < -0.39 is 279 Å². The van der Waals surface area contributed by atoms with E-state index in [2.05, 4.69) is 69.8 Å². The SMILES string of the molecule is Cc1c(C)c(F)c2c(c1F)-c1nc-2nc2[nH]c(nc3nc(nc4[nH]c(n1)c1c(F)c(C)c(C)c(F)c41)-c1c(F)c(C)c(C)c(F)c1-3)c1c(F)c(C)c(C)c(F)c21.Cc1c(C)c(F)c2c(c1F)C1=NC2=Nc2c3c(F)c(C)c(C)c(F)c3c3n2Cn2c(c4c(F)c(C)c(C)c(F)c4c2=NC2=NC(=N3)c3c(F)c(C)c(C)c(F)c32)=N1. The summed E-state index contributed by atoms with van der Waals surface area (Å²) in [5.74, 6) is -20.0. The van der Waals surface area contributed by atoms with Crippen molar-refractivity contribution in [2.75, 3.05) is 0 Å². The number of aromatic amines is 2. The molecule has 14 bridgehead atoms. The van der Waals surface area contributed by atoms with Gasteiger partial charge in [0.1, 0.15) is 145 Å². The van der Waals surface area contributed by atoms with Gasteiger partial charge in [0.15, 0.2) is 46.6 Å². The smallest absolute Gasteiger partial charge is 0.167 e. The Balaban J connectivity index is 0.000000157. The predicted octanol–water partition coefficient (Wildman–Crippen LogP) is 19.1. The van der Waals surface area contributed by atoms with Gasteiger partial charge in [-0.2, -0.15) is 0 Å². The van der Waals surface area contributed by atoms with Crippen LogP contribution >= 0.6 is 0 Å². The first-order chi connectivity index (χ1) is 53.4. The molecule has 6 aliphatic heterocycles. The Labute approximate surface area is 625 Å². The number of nitrogens with zero attached hydrogens (tertiary/aromatic N) is 14. The third-order valence-corrected chi connectivity index (χ3v) is 23.3. The Bertz CT molecular complexity index is 6790. The second-order valence-electron chi connectivity index (χ2n) is 28.9. The Morgan fingerprint density at radius 3 is 0.637 bits per heavy atom. The highest BCUT2D eigenvalue weighted by Crippen LogP contribution is 2.49. The molecule has 0 radical (unpaired) electrons. The molecule has 113 heavy (non-hydrogen) atoms. The number of fused-ring (bicyclic) bond motifs is 34. The summed E-state index contributed by atoms with van der Waals surface area (Å²) in [6.45, 7) is 20.7. The van der Waals surface area contributed by atoms with Gasteiger partial charge in [-0.05, 0) is 200 Å². The summed E-state index contributed by atoms with van der Waals surface area (Å²) in [5.41, 5.74) is -8.04. The number of benzene rings is 8. The average molecular weight is 1550 g/mol. The van der Waals surface area contributed by atoms with Crippen molar-refractivity contribution in [3.05, 3.63) is 215 Å². The highest BCUT2D eigenvalue weighted by molar-refractivity contribution is 6.26. The van der Waals surface area contributed by atoms with Crippen molar-refractivity contribution in [3.63, 3.8) is 0 Å².